The predicted octanol–water partition coefficient (Wildman–Crippen LogP) is 3.24. The van der Waals surface area contributed by atoms with Gasteiger partial charge in [-0.1, -0.05) is 23.4 Å². The molecule has 0 radical (unpaired) electrons. The van der Waals surface area contributed by atoms with Gasteiger partial charge in [0, 0.05) is 18.8 Å². The summed E-state index contributed by atoms with van der Waals surface area (Å²) in [4.78, 5) is 18.8. The number of anilines is 1. The van der Waals surface area contributed by atoms with Gasteiger partial charge in [-0.25, -0.2) is 4.79 Å². The van der Waals surface area contributed by atoms with Gasteiger partial charge in [0.1, 0.15) is 0 Å². The summed E-state index contributed by atoms with van der Waals surface area (Å²) >= 11 is 0. The minimum atomic E-state index is -0.416. The van der Waals surface area contributed by atoms with Gasteiger partial charge >= 0.3 is 6.03 Å². The normalized spacial score (nSPS) is 21.4. The molecule has 1 saturated carbocycles. The number of carbonyl (C=O) groups is 1. The first-order valence-corrected chi connectivity index (χ1v) is 8.88. The van der Waals surface area contributed by atoms with Crippen LogP contribution in [0.25, 0.3) is 0 Å². The molecule has 2 amide bonds. The van der Waals surface area contributed by atoms with E-state index in [1.165, 1.54) is 0 Å². The lowest BCUT2D eigenvalue weighted by Gasteiger charge is -2.34. The van der Waals surface area contributed by atoms with Crippen molar-refractivity contribution in [2.45, 2.75) is 43.6 Å². The molecule has 8 heteroatoms. The third-order valence-electron chi connectivity index (χ3n) is 5.22. The summed E-state index contributed by atoms with van der Waals surface area (Å²) in [6.07, 6.45) is 4.77. The Kier molecular flexibility index (Phi) is 5.48. The van der Waals surface area contributed by atoms with E-state index in [-0.39, 0.29) is 24.4 Å². The maximum absolute atomic E-state index is 12.5. The van der Waals surface area contributed by atoms with Crippen LogP contribution in [0.3, 0.4) is 0 Å². The molecule has 1 aromatic heterocycles. The lowest BCUT2D eigenvalue weighted by Crippen LogP contribution is -2.44. The zero-order valence-corrected chi connectivity index (χ0v) is 15.4. The van der Waals surface area contributed by atoms with Crippen LogP contribution in [0.1, 0.15) is 49.7 Å². The number of piperidine rings is 1. The third-order valence-corrected chi connectivity index (χ3v) is 5.22. The van der Waals surface area contributed by atoms with Crippen molar-refractivity contribution in [1.82, 2.24) is 15.0 Å². The number of para-hydroxylation sites is 1. The Balaban J connectivity index is 0.00000196. The molecule has 1 aliphatic heterocycles. The third kappa shape index (κ3) is 3.68. The molecule has 140 valence electrons. The highest BCUT2D eigenvalue weighted by Crippen LogP contribution is 2.38. The van der Waals surface area contributed by atoms with E-state index in [4.69, 9.17) is 10.3 Å². The maximum Gasteiger partial charge on any atom is 0.321 e. The van der Waals surface area contributed by atoms with Crippen LogP contribution in [0.5, 0.6) is 0 Å². The van der Waals surface area contributed by atoms with E-state index in [0.717, 1.165) is 44.3 Å². The number of hydrogen-bond acceptors (Lipinski definition) is 5. The second kappa shape index (κ2) is 7.63. The molecule has 7 nitrogen and oxygen atoms in total. The molecule has 0 spiro atoms. The van der Waals surface area contributed by atoms with Crippen molar-refractivity contribution < 1.29 is 9.32 Å². The average molecular weight is 378 g/mol. The van der Waals surface area contributed by atoms with E-state index in [2.05, 4.69) is 15.5 Å². The summed E-state index contributed by atoms with van der Waals surface area (Å²) in [6.45, 7) is 1.31. The molecule has 1 aliphatic carbocycles. The topological polar surface area (TPSA) is 97.3 Å². The van der Waals surface area contributed by atoms with Gasteiger partial charge in [-0.2, -0.15) is 4.98 Å². The molecule has 1 saturated heterocycles. The lowest BCUT2D eigenvalue weighted by molar-refractivity contribution is 0.183. The number of nitrogens with two attached hydrogens (primary N) is 1. The summed E-state index contributed by atoms with van der Waals surface area (Å²) in [5.41, 5.74) is 6.65. The average Bonchev–Trinajstić information content (AvgIpc) is 3.11. The molecule has 2 heterocycles. The highest BCUT2D eigenvalue weighted by atomic mass is 35.5. The van der Waals surface area contributed by atoms with Gasteiger partial charge in [-0.05, 0) is 44.2 Å². The van der Waals surface area contributed by atoms with Gasteiger partial charge in [0.25, 0.3) is 0 Å². The fourth-order valence-electron chi connectivity index (χ4n) is 3.47. The number of carbonyl (C=O) groups excluding carboxylic acids is 1. The van der Waals surface area contributed by atoms with E-state index in [0.29, 0.717) is 18.3 Å². The van der Waals surface area contributed by atoms with Crippen LogP contribution >= 0.6 is 12.4 Å². The van der Waals surface area contributed by atoms with Crippen LogP contribution in [-0.4, -0.2) is 34.2 Å². The van der Waals surface area contributed by atoms with Crippen LogP contribution < -0.4 is 11.1 Å². The minimum Gasteiger partial charge on any atom is -0.339 e. The van der Waals surface area contributed by atoms with Gasteiger partial charge in [0.15, 0.2) is 5.82 Å². The Morgan fingerprint density at radius 1 is 1.27 bits per heavy atom. The zero-order valence-electron chi connectivity index (χ0n) is 14.6. The molecule has 2 aliphatic rings. The number of likely N-dealkylation sites (tertiary alicyclic amines) is 1. The number of nitrogens with zero attached hydrogens (tertiary/aromatic N) is 3. The number of benzene rings is 1. The molecular weight excluding hydrogens is 354 g/mol. The Morgan fingerprint density at radius 3 is 2.73 bits per heavy atom. The SMILES string of the molecule is Cl.NC1(c2noc(C3CCCN(C(=O)Nc4ccccc4)C3)n2)CCC1. The number of urea groups is 1. The molecule has 0 bridgehead atoms. The molecule has 1 aromatic carbocycles. The van der Waals surface area contributed by atoms with E-state index in [9.17, 15) is 4.79 Å². The van der Waals surface area contributed by atoms with Crippen LogP contribution in [0.2, 0.25) is 0 Å². The van der Waals surface area contributed by atoms with Crippen molar-refractivity contribution in [2.24, 2.45) is 5.73 Å². The Hall–Kier alpha value is -2.12. The molecule has 2 aromatic rings. The molecule has 3 N–H and O–H groups in total. The first kappa shape index (κ1) is 18.7. The zero-order chi connectivity index (χ0) is 17.3. The maximum atomic E-state index is 12.5. The molecule has 1 unspecified atom stereocenters. The predicted molar refractivity (Wildman–Crippen MR) is 100 cm³/mol. The summed E-state index contributed by atoms with van der Waals surface area (Å²) < 4.78 is 5.47. The minimum absolute atomic E-state index is 0. The highest BCUT2D eigenvalue weighted by Gasteiger charge is 2.40. The first-order chi connectivity index (χ1) is 12.1. The number of amides is 2. The highest BCUT2D eigenvalue weighted by molar-refractivity contribution is 5.89. The molecular formula is C18H24ClN5O2. The number of rotatable bonds is 3. The number of hydrogen-bond donors (Lipinski definition) is 2. The van der Waals surface area contributed by atoms with E-state index in [1.807, 2.05) is 35.2 Å². The van der Waals surface area contributed by atoms with Crippen molar-refractivity contribution in [3.63, 3.8) is 0 Å². The second-order valence-corrected chi connectivity index (χ2v) is 7.05. The van der Waals surface area contributed by atoms with Gasteiger partial charge in [-0.15, -0.1) is 12.4 Å². The molecule has 4 rings (SSSR count). The van der Waals surface area contributed by atoms with Crippen molar-refractivity contribution in [2.75, 3.05) is 18.4 Å². The molecule has 1 atom stereocenters. The van der Waals surface area contributed by atoms with Gasteiger partial charge in [0.2, 0.25) is 5.89 Å². The van der Waals surface area contributed by atoms with Gasteiger partial charge in [0.05, 0.1) is 11.5 Å². The van der Waals surface area contributed by atoms with Crippen molar-refractivity contribution in [3.8, 4) is 0 Å². The standard InChI is InChI=1S/C18H23N5O2.ClH/c19-18(9-5-10-18)16-21-15(25-22-16)13-6-4-11-23(12-13)17(24)20-14-7-2-1-3-8-14;/h1-3,7-8,13H,4-6,9-12,19H2,(H,20,24);1H. The smallest absolute Gasteiger partial charge is 0.321 e. The van der Waals surface area contributed by atoms with Gasteiger partial charge < -0.3 is 20.5 Å². The van der Waals surface area contributed by atoms with E-state index < -0.39 is 5.54 Å². The summed E-state index contributed by atoms with van der Waals surface area (Å²) in [6, 6.07) is 9.39. The summed E-state index contributed by atoms with van der Waals surface area (Å²) in [5, 5.41) is 7.02. The summed E-state index contributed by atoms with van der Waals surface area (Å²) in [7, 11) is 0. The van der Waals surface area contributed by atoms with Crippen molar-refractivity contribution in [3.05, 3.63) is 42.0 Å². The molecule has 26 heavy (non-hydrogen) atoms. The first-order valence-electron chi connectivity index (χ1n) is 8.88. The number of aromatic nitrogens is 2. The Bertz CT molecular complexity index is 747. The Labute approximate surface area is 158 Å². The molecule has 2 fully saturated rings. The fourth-order valence-corrected chi connectivity index (χ4v) is 3.47. The summed E-state index contributed by atoms with van der Waals surface area (Å²) in [5.74, 6) is 1.28. The van der Waals surface area contributed by atoms with E-state index in [1.54, 1.807) is 0 Å². The quantitative estimate of drug-likeness (QED) is 0.855. The van der Waals surface area contributed by atoms with Gasteiger partial charge in [-0.3, -0.25) is 0 Å². The number of halogens is 1. The lowest BCUT2D eigenvalue weighted by atomic mass is 9.77. The monoisotopic (exact) mass is 377 g/mol. The van der Waals surface area contributed by atoms with E-state index >= 15 is 0 Å². The fraction of sp³-hybridized carbons (Fsp3) is 0.500. The van der Waals surface area contributed by atoms with Crippen LogP contribution in [-0.2, 0) is 5.54 Å². The van der Waals surface area contributed by atoms with Crippen molar-refractivity contribution in [1.29, 1.82) is 0 Å². The largest absolute Gasteiger partial charge is 0.339 e. The Morgan fingerprint density at radius 2 is 2.04 bits per heavy atom. The van der Waals surface area contributed by atoms with Crippen LogP contribution in [0, 0.1) is 0 Å². The van der Waals surface area contributed by atoms with Crippen LogP contribution in [0.15, 0.2) is 34.9 Å². The van der Waals surface area contributed by atoms with Crippen LogP contribution in [0.4, 0.5) is 10.5 Å². The van der Waals surface area contributed by atoms with Crippen molar-refractivity contribution >= 4 is 24.1 Å². The number of nitrogens with one attached hydrogen (secondary N) is 1. The second-order valence-electron chi connectivity index (χ2n) is 7.05.